The third-order valence-electron chi connectivity index (χ3n) is 3.65. The second-order valence-corrected chi connectivity index (χ2v) is 7.93. The number of thiazole rings is 1. The summed E-state index contributed by atoms with van der Waals surface area (Å²) in [5.41, 5.74) is 1.23. The van der Waals surface area contributed by atoms with Crippen molar-refractivity contribution in [3.8, 4) is 0 Å². The molecule has 0 amide bonds. The highest BCUT2D eigenvalue weighted by Gasteiger charge is 2.11. The molecule has 1 aromatic carbocycles. The van der Waals surface area contributed by atoms with Gasteiger partial charge in [-0.1, -0.05) is 12.1 Å². The van der Waals surface area contributed by atoms with Crippen molar-refractivity contribution in [1.29, 1.82) is 0 Å². The maximum Gasteiger partial charge on any atom is 0.382 e. The number of fused-ring (bicyclic) bond motifs is 1. The predicted octanol–water partition coefficient (Wildman–Crippen LogP) is 2.57. The zero-order chi connectivity index (χ0) is 20.0. The molecular weight excluding hydrogens is 386 g/mol. The van der Waals surface area contributed by atoms with E-state index in [1.54, 1.807) is 11.3 Å². The fourth-order valence-electron chi connectivity index (χ4n) is 2.56. The van der Waals surface area contributed by atoms with E-state index in [0.29, 0.717) is 0 Å². The lowest BCUT2D eigenvalue weighted by molar-refractivity contribution is -0.654. The van der Waals surface area contributed by atoms with Crippen LogP contribution in [0.2, 0.25) is 0 Å². The van der Waals surface area contributed by atoms with E-state index in [4.69, 9.17) is 4.99 Å². The van der Waals surface area contributed by atoms with Crippen LogP contribution in [0.5, 0.6) is 0 Å². The van der Waals surface area contributed by atoms with Gasteiger partial charge in [0.25, 0.3) is 0 Å². The van der Waals surface area contributed by atoms with E-state index in [1.807, 2.05) is 7.05 Å². The van der Waals surface area contributed by atoms with Crippen molar-refractivity contribution in [3.63, 3.8) is 0 Å². The highest BCUT2D eigenvalue weighted by atomic mass is 32.3. The van der Waals surface area contributed by atoms with Crippen molar-refractivity contribution >= 4 is 37.8 Å². The molecule has 0 aliphatic rings. The van der Waals surface area contributed by atoms with Gasteiger partial charge in [-0.05, 0) is 49.2 Å². The first-order chi connectivity index (χ1) is 12.7. The van der Waals surface area contributed by atoms with Gasteiger partial charge in [-0.25, -0.2) is 13.0 Å². The van der Waals surface area contributed by atoms with Gasteiger partial charge in [0.05, 0.1) is 19.2 Å². The van der Waals surface area contributed by atoms with E-state index in [-0.39, 0.29) is 6.61 Å². The van der Waals surface area contributed by atoms with Gasteiger partial charge < -0.3 is 9.12 Å². The zero-order valence-corrected chi connectivity index (χ0v) is 17.4. The molecule has 0 radical (unpaired) electrons. The summed E-state index contributed by atoms with van der Waals surface area (Å²) < 4.78 is 36.3. The van der Waals surface area contributed by atoms with Gasteiger partial charge >= 0.3 is 5.13 Å². The van der Waals surface area contributed by atoms with Gasteiger partial charge in [0.15, 0.2) is 5.36 Å². The third kappa shape index (κ3) is 5.96. The number of rotatable bonds is 4. The largest absolute Gasteiger partial charge is 0.726 e. The third-order valence-corrected chi connectivity index (χ3v) is 5.16. The molecule has 0 aliphatic heterocycles. The monoisotopic (exact) mass is 409 g/mol. The van der Waals surface area contributed by atoms with Crippen LogP contribution in [0.4, 0.5) is 5.13 Å². The topological polar surface area (TPSA) is 87.6 Å². The zero-order valence-electron chi connectivity index (χ0n) is 15.7. The van der Waals surface area contributed by atoms with Crippen molar-refractivity contribution in [1.82, 2.24) is 4.57 Å². The quantitative estimate of drug-likeness (QED) is 0.376. The summed E-state index contributed by atoms with van der Waals surface area (Å²) in [7, 11) is -2.38. The summed E-state index contributed by atoms with van der Waals surface area (Å²) in [4.78, 5) is 6.11. The molecule has 0 spiro atoms. The Morgan fingerprint density at radius 1 is 1.26 bits per heavy atom. The van der Waals surface area contributed by atoms with E-state index >= 15 is 0 Å². The number of aryl methyl sites for hydroxylation is 3. The van der Waals surface area contributed by atoms with Crippen LogP contribution >= 0.6 is 11.3 Å². The Kier molecular flexibility index (Phi) is 7.25. The lowest BCUT2D eigenvalue weighted by Crippen LogP contribution is -2.25. The molecule has 0 atom stereocenters. The van der Waals surface area contributed by atoms with E-state index in [1.165, 1.54) is 22.7 Å². The summed E-state index contributed by atoms with van der Waals surface area (Å²) in [5, 5.41) is 3.26. The standard InChI is InChI=1S/C16H18N3S.C2H6O4S/c1-4-19-10-9-14(13-7-5-6-8-15(13)19)17-16-18(3)11-12(2)20-16;1-2-6-7(3,4)5/h5-11H,4H2,1-3H3;2H2,1H3,(H,3,4,5)/q+1;/p-1. The Morgan fingerprint density at radius 3 is 2.48 bits per heavy atom. The smallest absolute Gasteiger partial charge is 0.382 e. The van der Waals surface area contributed by atoms with Crippen molar-refractivity contribution in [2.75, 3.05) is 6.61 Å². The minimum atomic E-state index is -4.42. The van der Waals surface area contributed by atoms with Crippen LogP contribution in [0.3, 0.4) is 0 Å². The van der Waals surface area contributed by atoms with E-state index in [0.717, 1.165) is 17.0 Å². The minimum Gasteiger partial charge on any atom is -0.726 e. The Bertz CT molecular complexity index is 1090. The van der Waals surface area contributed by atoms with Crippen molar-refractivity contribution < 1.29 is 21.7 Å². The SMILES string of the molecule is CCOS(=O)(=O)[O-].CCn1cc/c(=N\c2sc(C)c[n+]2C)c2ccccc21. The molecule has 0 saturated carbocycles. The lowest BCUT2D eigenvalue weighted by atomic mass is 10.2. The maximum absolute atomic E-state index is 9.45. The van der Waals surface area contributed by atoms with Crippen LogP contribution in [0, 0.1) is 6.92 Å². The van der Waals surface area contributed by atoms with Crippen molar-refractivity contribution in [3.05, 3.63) is 53.0 Å². The number of hydrogen-bond donors (Lipinski definition) is 0. The van der Waals surface area contributed by atoms with Crippen LogP contribution in [0.15, 0.2) is 47.7 Å². The Labute approximate surface area is 163 Å². The van der Waals surface area contributed by atoms with Crippen LogP contribution < -0.4 is 9.92 Å². The normalized spacial score (nSPS) is 12.1. The highest BCUT2D eigenvalue weighted by molar-refractivity contribution is 7.80. The number of aromatic nitrogens is 2. The fraction of sp³-hybridized carbons (Fsp3) is 0.333. The minimum absolute atomic E-state index is 0.0914. The molecule has 0 N–H and O–H groups in total. The van der Waals surface area contributed by atoms with Gasteiger partial charge in [-0.15, -0.1) is 0 Å². The van der Waals surface area contributed by atoms with Crippen LogP contribution in [0.25, 0.3) is 10.9 Å². The molecule has 146 valence electrons. The van der Waals surface area contributed by atoms with Crippen LogP contribution in [-0.2, 0) is 28.2 Å². The van der Waals surface area contributed by atoms with E-state index < -0.39 is 10.4 Å². The first-order valence-electron chi connectivity index (χ1n) is 8.44. The molecular formula is C18H23N3O4S2. The number of para-hydroxylation sites is 1. The molecule has 3 aromatic rings. The van der Waals surface area contributed by atoms with Gasteiger partial charge in [0, 0.05) is 29.1 Å². The van der Waals surface area contributed by atoms with E-state index in [9.17, 15) is 13.0 Å². The second kappa shape index (κ2) is 9.23. The first kappa shape index (κ1) is 21.2. The molecule has 0 saturated heterocycles. The molecule has 0 bridgehead atoms. The highest BCUT2D eigenvalue weighted by Crippen LogP contribution is 2.18. The number of nitrogens with zero attached hydrogens (tertiary/aromatic N) is 3. The Hall–Kier alpha value is -2.07. The second-order valence-electron chi connectivity index (χ2n) is 5.67. The lowest BCUT2D eigenvalue weighted by Gasteiger charge is -2.06. The predicted molar refractivity (Wildman–Crippen MR) is 104 cm³/mol. The summed E-state index contributed by atoms with van der Waals surface area (Å²) >= 11 is 1.72. The number of pyridine rings is 1. The average molecular weight is 410 g/mol. The van der Waals surface area contributed by atoms with Crippen molar-refractivity contribution in [2.45, 2.75) is 27.3 Å². The molecule has 0 aliphatic carbocycles. The molecule has 9 heteroatoms. The molecule has 27 heavy (non-hydrogen) atoms. The van der Waals surface area contributed by atoms with Crippen LogP contribution in [0.1, 0.15) is 18.7 Å². The molecule has 3 rings (SSSR count). The Morgan fingerprint density at radius 2 is 1.96 bits per heavy atom. The van der Waals surface area contributed by atoms with Gasteiger partial charge in [-0.3, -0.25) is 4.18 Å². The van der Waals surface area contributed by atoms with Gasteiger partial charge in [-0.2, -0.15) is 0 Å². The molecule has 2 aromatic heterocycles. The first-order valence-corrected chi connectivity index (χ1v) is 10.6. The molecule has 0 unspecified atom stereocenters. The van der Waals surface area contributed by atoms with Crippen molar-refractivity contribution in [2.24, 2.45) is 12.0 Å². The van der Waals surface area contributed by atoms with Gasteiger partial charge in [0.1, 0.15) is 6.20 Å². The molecule has 7 nitrogen and oxygen atoms in total. The van der Waals surface area contributed by atoms with E-state index in [2.05, 4.69) is 69.9 Å². The number of benzene rings is 1. The molecule has 2 heterocycles. The molecule has 0 fully saturated rings. The summed E-state index contributed by atoms with van der Waals surface area (Å²) in [6.45, 7) is 6.57. The van der Waals surface area contributed by atoms with Crippen LogP contribution in [-0.4, -0.2) is 24.1 Å². The number of hydrogen-bond acceptors (Lipinski definition) is 6. The average Bonchev–Trinajstić information content (AvgIpc) is 2.92. The summed E-state index contributed by atoms with van der Waals surface area (Å²) in [6, 6.07) is 10.5. The summed E-state index contributed by atoms with van der Waals surface area (Å²) in [6.07, 6.45) is 4.22. The Balaban J connectivity index is 0.000000321. The van der Waals surface area contributed by atoms with Gasteiger partial charge in [0.2, 0.25) is 10.4 Å². The summed E-state index contributed by atoms with van der Waals surface area (Å²) in [5.74, 6) is 0. The fourth-order valence-corrected chi connectivity index (χ4v) is 3.69. The maximum atomic E-state index is 9.45.